The van der Waals surface area contributed by atoms with Crippen LogP contribution in [0.25, 0.3) is 0 Å². The number of likely N-dealkylation sites (tertiary alicyclic amines) is 1. The molecule has 1 fully saturated rings. The maximum atomic E-state index is 13.1. The van der Waals surface area contributed by atoms with E-state index in [1.165, 1.54) is 19.3 Å². The second kappa shape index (κ2) is 18.6. The van der Waals surface area contributed by atoms with Gasteiger partial charge in [0.1, 0.15) is 6.73 Å². The highest BCUT2D eigenvalue weighted by Gasteiger charge is 2.38. The Morgan fingerprint density at radius 3 is 1.90 bits per heavy atom. The Bertz CT molecular complexity index is 735. The number of hydrogen-bond acceptors (Lipinski definition) is 3. The van der Waals surface area contributed by atoms with Crippen molar-refractivity contribution >= 4 is 5.91 Å². The molecule has 4 nitrogen and oxygen atoms in total. The second-order valence-corrected chi connectivity index (χ2v) is 16.4. The van der Waals surface area contributed by atoms with Gasteiger partial charge in [-0.05, 0) is 84.9 Å². The fourth-order valence-corrected chi connectivity index (χ4v) is 5.63. The Morgan fingerprint density at radius 2 is 1.44 bits per heavy atom. The number of ether oxygens (including phenoxy) is 1. The molecule has 0 aromatic heterocycles. The number of carbonyl (C=O) groups is 1. The lowest BCUT2D eigenvalue weighted by Crippen LogP contribution is -2.44. The number of nitrogens with zero attached hydrogens (tertiary/aromatic N) is 1. The lowest BCUT2D eigenvalue weighted by molar-refractivity contribution is -0.140. The molecule has 1 saturated heterocycles. The molecule has 1 aliphatic rings. The van der Waals surface area contributed by atoms with E-state index < -0.39 is 0 Å². The van der Waals surface area contributed by atoms with E-state index in [1.54, 1.807) is 0 Å². The number of carbonyl (C=O) groups excluding carboxylic acids is 1. The normalized spacial score (nSPS) is 17.9. The highest BCUT2D eigenvalue weighted by molar-refractivity contribution is 5.79. The Morgan fingerprint density at radius 1 is 0.902 bits per heavy atom. The highest BCUT2D eigenvalue weighted by atomic mass is 16.5. The largest absolute Gasteiger partial charge is 0.367 e. The summed E-state index contributed by atoms with van der Waals surface area (Å²) >= 11 is 0. The first-order chi connectivity index (χ1) is 18.7. The quantitative estimate of drug-likeness (QED) is 0.138. The molecule has 0 bridgehead atoms. The van der Waals surface area contributed by atoms with Crippen molar-refractivity contribution in [1.82, 2.24) is 10.2 Å². The van der Waals surface area contributed by atoms with Crippen molar-refractivity contribution in [3.05, 3.63) is 12.3 Å². The van der Waals surface area contributed by atoms with Crippen LogP contribution in [0.15, 0.2) is 12.3 Å². The Hall–Kier alpha value is -1.03. The van der Waals surface area contributed by atoms with Gasteiger partial charge in [-0.3, -0.25) is 4.79 Å². The lowest BCUT2D eigenvalue weighted by Gasteiger charge is -2.38. The van der Waals surface area contributed by atoms with Crippen LogP contribution < -0.4 is 5.32 Å². The third kappa shape index (κ3) is 15.3. The van der Waals surface area contributed by atoms with E-state index in [2.05, 4.69) is 121 Å². The smallest absolute Gasteiger partial charge is 0.226 e. The monoisotopic (exact) mass is 579 g/mol. The molecule has 1 aliphatic heterocycles. The molecule has 3 unspecified atom stereocenters. The molecule has 0 aromatic carbocycles. The van der Waals surface area contributed by atoms with Gasteiger partial charge in [-0.1, -0.05) is 110 Å². The van der Waals surface area contributed by atoms with Crippen LogP contribution in [0.4, 0.5) is 0 Å². The lowest BCUT2D eigenvalue weighted by atomic mass is 9.71. The Balaban J connectivity index is 0.000000782. The summed E-state index contributed by atoms with van der Waals surface area (Å²) in [4.78, 5) is 15.3. The molecule has 0 aliphatic carbocycles. The van der Waals surface area contributed by atoms with Gasteiger partial charge in [0.2, 0.25) is 5.91 Å². The summed E-state index contributed by atoms with van der Waals surface area (Å²) in [6, 6.07) is 0.459. The third-order valence-corrected chi connectivity index (χ3v) is 10.1. The predicted molar refractivity (Wildman–Crippen MR) is 181 cm³/mol. The first-order valence-corrected chi connectivity index (χ1v) is 17.0. The molecule has 4 heteroatoms. The van der Waals surface area contributed by atoms with Crippen molar-refractivity contribution in [3.8, 4) is 0 Å². The minimum Gasteiger partial charge on any atom is -0.367 e. The van der Waals surface area contributed by atoms with Crippen LogP contribution in [0.5, 0.6) is 0 Å². The van der Waals surface area contributed by atoms with E-state index in [9.17, 15) is 4.79 Å². The van der Waals surface area contributed by atoms with Crippen LogP contribution in [0.3, 0.4) is 0 Å². The maximum Gasteiger partial charge on any atom is 0.226 e. The zero-order valence-electron chi connectivity index (χ0n) is 30.5. The van der Waals surface area contributed by atoms with Crippen LogP contribution >= 0.6 is 0 Å². The number of nitrogens with one attached hydrogen (secondary N) is 1. The van der Waals surface area contributed by atoms with Crippen LogP contribution in [-0.4, -0.2) is 36.7 Å². The molecule has 1 N–H and O–H groups in total. The summed E-state index contributed by atoms with van der Waals surface area (Å²) < 4.78 is 5.56. The van der Waals surface area contributed by atoms with Gasteiger partial charge in [0.05, 0.1) is 0 Å². The van der Waals surface area contributed by atoms with E-state index in [0.29, 0.717) is 59.6 Å². The van der Waals surface area contributed by atoms with Gasteiger partial charge in [-0.2, -0.15) is 0 Å². The average Bonchev–Trinajstić information content (AvgIpc) is 3.32. The molecule has 0 spiro atoms. The summed E-state index contributed by atoms with van der Waals surface area (Å²) in [5, 5.41) is 3.29. The fraction of sp³-hybridized carbons (Fsp3) is 0.919. The van der Waals surface area contributed by atoms with Crippen molar-refractivity contribution in [3.63, 3.8) is 0 Å². The van der Waals surface area contributed by atoms with E-state index in [-0.39, 0.29) is 11.3 Å². The van der Waals surface area contributed by atoms with Crippen molar-refractivity contribution in [2.45, 2.75) is 148 Å². The topological polar surface area (TPSA) is 41.6 Å². The zero-order chi connectivity index (χ0) is 32.1. The van der Waals surface area contributed by atoms with Gasteiger partial charge in [0, 0.05) is 30.8 Å². The summed E-state index contributed by atoms with van der Waals surface area (Å²) in [5.74, 6) is 4.25. The fourth-order valence-electron chi connectivity index (χ4n) is 5.63. The van der Waals surface area contributed by atoms with E-state index >= 15 is 0 Å². The minimum absolute atomic E-state index is 0.168. The molecule has 244 valence electrons. The standard InChI is InChI=1S/C19H37NO.C18H37NO/c1-13(2)16(12-19(7,8)15(5)6)18(21)20-11-9-10-17(20)14(3)4;1-14(2)9-10-20-13-19-17(6)11-16(5)12-18(7,8)15(3)4/h13-17H,9-12H2,1-8H3;14-16,19H,6,9-13H2,1-5,7-8H3. The van der Waals surface area contributed by atoms with Gasteiger partial charge in [-0.25, -0.2) is 0 Å². The maximum absolute atomic E-state index is 13.1. The van der Waals surface area contributed by atoms with Gasteiger partial charge in [0.25, 0.3) is 0 Å². The third-order valence-electron chi connectivity index (χ3n) is 10.1. The van der Waals surface area contributed by atoms with Gasteiger partial charge in [0.15, 0.2) is 0 Å². The number of hydrogen-bond donors (Lipinski definition) is 1. The first-order valence-electron chi connectivity index (χ1n) is 17.0. The molecule has 0 saturated carbocycles. The molecular formula is C37H74N2O2. The van der Waals surface area contributed by atoms with Crippen LogP contribution in [0.2, 0.25) is 0 Å². The number of allylic oxidation sites excluding steroid dienone is 1. The molecule has 3 atom stereocenters. The molecular weight excluding hydrogens is 504 g/mol. The Kier molecular flexibility index (Phi) is 18.1. The summed E-state index contributed by atoms with van der Waals surface area (Å²) in [6.45, 7) is 40.7. The molecule has 0 aromatic rings. The van der Waals surface area contributed by atoms with Crippen molar-refractivity contribution in [1.29, 1.82) is 0 Å². The minimum atomic E-state index is 0.168. The molecule has 0 radical (unpaired) electrons. The van der Waals surface area contributed by atoms with Gasteiger partial charge >= 0.3 is 0 Å². The zero-order valence-corrected chi connectivity index (χ0v) is 30.5. The SMILES string of the molecule is C=C(CC(C)CC(C)(C)C(C)C)NCOCCC(C)C.CC(C)C(CC(C)(C)C(C)C)C(=O)N1CCCC1C(C)C. The molecule has 41 heavy (non-hydrogen) atoms. The van der Waals surface area contributed by atoms with Crippen LogP contribution in [-0.2, 0) is 9.53 Å². The first kappa shape index (κ1) is 40.0. The van der Waals surface area contributed by atoms with Crippen molar-refractivity contribution in [2.24, 2.45) is 52.3 Å². The van der Waals surface area contributed by atoms with Gasteiger partial charge < -0.3 is 15.0 Å². The number of rotatable bonds is 17. The Labute approximate surface area is 258 Å². The van der Waals surface area contributed by atoms with Gasteiger partial charge in [-0.15, -0.1) is 0 Å². The van der Waals surface area contributed by atoms with Crippen LogP contribution in [0, 0.1) is 52.3 Å². The second-order valence-electron chi connectivity index (χ2n) is 16.4. The van der Waals surface area contributed by atoms with Crippen molar-refractivity contribution in [2.75, 3.05) is 19.9 Å². The van der Waals surface area contributed by atoms with E-state index in [0.717, 1.165) is 38.1 Å². The number of amides is 1. The molecule has 1 rings (SSSR count). The van der Waals surface area contributed by atoms with Crippen LogP contribution in [0.1, 0.15) is 142 Å². The van der Waals surface area contributed by atoms with E-state index in [4.69, 9.17) is 4.74 Å². The van der Waals surface area contributed by atoms with Crippen molar-refractivity contribution < 1.29 is 9.53 Å². The highest BCUT2D eigenvalue weighted by Crippen LogP contribution is 2.38. The summed E-state index contributed by atoms with van der Waals surface area (Å²) in [5.41, 5.74) is 1.71. The summed E-state index contributed by atoms with van der Waals surface area (Å²) in [6.07, 6.45) is 6.74. The summed E-state index contributed by atoms with van der Waals surface area (Å²) in [7, 11) is 0. The predicted octanol–water partition coefficient (Wildman–Crippen LogP) is 10.2. The average molecular weight is 579 g/mol. The molecule has 1 amide bonds. The molecule has 1 heterocycles. The van der Waals surface area contributed by atoms with E-state index in [1.807, 2.05) is 0 Å².